The summed E-state index contributed by atoms with van der Waals surface area (Å²) in [6, 6.07) is 4.90. The number of hydrogen-bond donors (Lipinski definition) is 3. The number of aliphatic hydroxyl groups excluding tert-OH is 1. The highest BCUT2D eigenvalue weighted by Crippen LogP contribution is 2.26. The molecule has 0 heterocycles. The summed E-state index contributed by atoms with van der Waals surface area (Å²) in [7, 11) is -3.31. The molecule has 1 atom stereocenters. The van der Waals surface area contributed by atoms with Gasteiger partial charge in [0, 0.05) is 19.4 Å². The van der Waals surface area contributed by atoms with Crippen molar-refractivity contribution in [2.75, 3.05) is 30.5 Å². The van der Waals surface area contributed by atoms with Gasteiger partial charge in [0.25, 0.3) is 0 Å². The molecule has 102 valence electrons. The average molecular weight is 272 g/mol. The summed E-state index contributed by atoms with van der Waals surface area (Å²) in [6.45, 7) is 2.78. The van der Waals surface area contributed by atoms with Crippen molar-refractivity contribution >= 4 is 21.2 Å². The molecule has 1 unspecified atom stereocenters. The predicted octanol–water partition coefficient (Wildman–Crippen LogP) is 1.10. The summed E-state index contributed by atoms with van der Waals surface area (Å²) in [5.74, 6) is 0.288. The van der Waals surface area contributed by atoms with Gasteiger partial charge in [-0.2, -0.15) is 0 Å². The average Bonchev–Trinajstić information content (AvgIpc) is 2.26. The molecule has 0 aliphatic carbocycles. The van der Waals surface area contributed by atoms with Gasteiger partial charge in [0.1, 0.15) is 0 Å². The Morgan fingerprint density at radius 1 is 1.44 bits per heavy atom. The fourth-order valence-electron chi connectivity index (χ4n) is 1.63. The second kappa shape index (κ2) is 6.06. The largest absolute Gasteiger partial charge is 0.396 e. The Labute approximate surface area is 108 Å². The number of para-hydroxylation sites is 1. The van der Waals surface area contributed by atoms with Crippen LogP contribution in [0.4, 0.5) is 11.4 Å². The first-order valence-corrected chi connectivity index (χ1v) is 7.68. The first-order chi connectivity index (χ1) is 8.36. The zero-order valence-corrected chi connectivity index (χ0v) is 11.5. The zero-order valence-electron chi connectivity index (χ0n) is 10.7. The zero-order chi connectivity index (χ0) is 13.8. The number of benzene rings is 1. The van der Waals surface area contributed by atoms with Crippen LogP contribution in [-0.2, 0) is 9.84 Å². The summed E-state index contributed by atoms with van der Waals surface area (Å²) in [5.41, 5.74) is 6.70. The fourth-order valence-corrected chi connectivity index (χ4v) is 2.46. The highest BCUT2D eigenvalue weighted by Gasteiger charge is 2.14. The third kappa shape index (κ3) is 3.89. The summed E-state index contributed by atoms with van der Waals surface area (Å²) in [5, 5.41) is 11.9. The molecule has 0 spiro atoms. The standard InChI is InChI=1S/C12H20N2O3S/c1-9(6-7-15)8-14-10-4-3-5-11(12(10)13)18(2,16)17/h3-5,9,14-15H,6-8,13H2,1-2H3. The molecule has 5 nitrogen and oxygen atoms in total. The minimum Gasteiger partial charge on any atom is -0.396 e. The van der Waals surface area contributed by atoms with Crippen LogP contribution in [0.15, 0.2) is 23.1 Å². The predicted molar refractivity (Wildman–Crippen MR) is 73.3 cm³/mol. The van der Waals surface area contributed by atoms with E-state index in [9.17, 15) is 8.42 Å². The van der Waals surface area contributed by atoms with E-state index in [2.05, 4.69) is 5.32 Å². The van der Waals surface area contributed by atoms with E-state index in [0.29, 0.717) is 18.7 Å². The first-order valence-electron chi connectivity index (χ1n) is 5.79. The Balaban J connectivity index is 2.85. The van der Waals surface area contributed by atoms with Crippen molar-refractivity contribution in [1.82, 2.24) is 0 Å². The molecule has 0 aliphatic rings. The van der Waals surface area contributed by atoms with Gasteiger partial charge < -0.3 is 16.2 Å². The number of rotatable bonds is 6. The van der Waals surface area contributed by atoms with Gasteiger partial charge in [-0.1, -0.05) is 13.0 Å². The number of sulfone groups is 1. The van der Waals surface area contributed by atoms with Crippen LogP contribution in [0, 0.1) is 5.92 Å². The molecule has 0 saturated carbocycles. The van der Waals surface area contributed by atoms with Crippen LogP contribution in [0.5, 0.6) is 0 Å². The molecule has 1 aromatic rings. The Hall–Kier alpha value is -1.27. The molecular formula is C12H20N2O3S. The molecular weight excluding hydrogens is 252 g/mol. The molecule has 4 N–H and O–H groups in total. The van der Waals surface area contributed by atoms with E-state index < -0.39 is 9.84 Å². The second-order valence-electron chi connectivity index (χ2n) is 4.49. The topological polar surface area (TPSA) is 92.4 Å². The van der Waals surface area contributed by atoms with Crippen molar-refractivity contribution in [3.63, 3.8) is 0 Å². The molecule has 1 aromatic carbocycles. The summed E-state index contributed by atoms with van der Waals surface area (Å²) < 4.78 is 23.0. The lowest BCUT2D eigenvalue weighted by molar-refractivity contribution is 0.266. The summed E-state index contributed by atoms with van der Waals surface area (Å²) in [4.78, 5) is 0.141. The third-order valence-electron chi connectivity index (χ3n) is 2.73. The van der Waals surface area contributed by atoms with Crippen LogP contribution in [-0.4, -0.2) is 32.9 Å². The molecule has 0 amide bonds. The SMILES string of the molecule is CC(CCO)CNc1cccc(S(C)(=O)=O)c1N. The lowest BCUT2D eigenvalue weighted by Crippen LogP contribution is -2.14. The maximum atomic E-state index is 11.5. The van der Waals surface area contributed by atoms with Crippen LogP contribution < -0.4 is 11.1 Å². The van der Waals surface area contributed by atoms with E-state index >= 15 is 0 Å². The number of nitrogens with one attached hydrogen (secondary N) is 1. The lowest BCUT2D eigenvalue weighted by atomic mass is 10.1. The molecule has 18 heavy (non-hydrogen) atoms. The van der Waals surface area contributed by atoms with Gasteiger partial charge >= 0.3 is 0 Å². The maximum Gasteiger partial charge on any atom is 0.177 e. The van der Waals surface area contributed by atoms with Crippen molar-refractivity contribution in [3.05, 3.63) is 18.2 Å². The molecule has 6 heteroatoms. The molecule has 0 saturated heterocycles. The van der Waals surface area contributed by atoms with E-state index in [1.807, 2.05) is 6.92 Å². The molecule has 0 aliphatic heterocycles. The highest BCUT2D eigenvalue weighted by atomic mass is 32.2. The van der Waals surface area contributed by atoms with Crippen molar-refractivity contribution in [2.45, 2.75) is 18.2 Å². The monoisotopic (exact) mass is 272 g/mol. The molecule has 0 radical (unpaired) electrons. The molecule has 1 rings (SSSR count). The Morgan fingerprint density at radius 2 is 2.11 bits per heavy atom. The van der Waals surface area contributed by atoms with Gasteiger partial charge in [-0.3, -0.25) is 0 Å². The molecule has 0 bridgehead atoms. The van der Waals surface area contributed by atoms with Gasteiger partial charge in [-0.05, 0) is 24.5 Å². The Kier molecular flexibility index (Phi) is 4.98. The van der Waals surface area contributed by atoms with Crippen LogP contribution >= 0.6 is 0 Å². The van der Waals surface area contributed by atoms with E-state index in [1.165, 1.54) is 6.07 Å². The Morgan fingerprint density at radius 3 is 2.67 bits per heavy atom. The second-order valence-corrected chi connectivity index (χ2v) is 6.47. The fraction of sp³-hybridized carbons (Fsp3) is 0.500. The number of hydrogen-bond acceptors (Lipinski definition) is 5. The van der Waals surface area contributed by atoms with E-state index in [4.69, 9.17) is 10.8 Å². The van der Waals surface area contributed by atoms with Gasteiger partial charge in [-0.15, -0.1) is 0 Å². The van der Waals surface area contributed by atoms with Crippen molar-refractivity contribution in [3.8, 4) is 0 Å². The van der Waals surface area contributed by atoms with Crippen molar-refractivity contribution in [1.29, 1.82) is 0 Å². The number of aliphatic hydroxyl groups is 1. The maximum absolute atomic E-state index is 11.5. The minimum atomic E-state index is -3.31. The van der Waals surface area contributed by atoms with Gasteiger partial charge in [0.15, 0.2) is 9.84 Å². The number of nitrogen functional groups attached to an aromatic ring is 1. The van der Waals surface area contributed by atoms with E-state index in [-0.39, 0.29) is 23.1 Å². The lowest BCUT2D eigenvalue weighted by Gasteiger charge is -2.15. The molecule has 0 aromatic heterocycles. The van der Waals surface area contributed by atoms with Gasteiger partial charge in [0.05, 0.1) is 16.3 Å². The summed E-state index contributed by atoms with van der Waals surface area (Å²) >= 11 is 0. The smallest absolute Gasteiger partial charge is 0.177 e. The Bertz CT molecular complexity index is 500. The minimum absolute atomic E-state index is 0.141. The van der Waals surface area contributed by atoms with E-state index in [0.717, 1.165) is 6.26 Å². The van der Waals surface area contributed by atoms with Gasteiger partial charge in [-0.25, -0.2) is 8.42 Å². The quantitative estimate of drug-likeness (QED) is 0.674. The first kappa shape index (κ1) is 14.8. The summed E-state index contributed by atoms with van der Waals surface area (Å²) in [6.07, 6.45) is 1.83. The number of nitrogens with two attached hydrogens (primary N) is 1. The normalized spacial score (nSPS) is 13.3. The van der Waals surface area contributed by atoms with Crippen LogP contribution in [0.25, 0.3) is 0 Å². The van der Waals surface area contributed by atoms with Gasteiger partial charge in [0.2, 0.25) is 0 Å². The van der Waals surface area contributed by atoms with Crippen molar-refractivity contribution < 1.29 is 13.5 Å². The number of anilines is 2. The van der Waals surface area contributed by atoms with Crippen LogP contribution in [0.1, 0.15) is 13.3 Å². The van der Waals surface area contributed by atoms with Crippen LogP contribution in [0.3, 0.4) is 0 Å². The third-order valence-corrected chi connectivity index (χ3v) is 3.88. The van der Waals surface area contributed by atoms with E-state index in [1.54, 1.807) is 12.1 Å². The van der Waals surface area contributed by atoms with Crippen molar-refractivity contribution in [2.24, 2.45) is 5.92 Å². The van der Waals surface area contributed by atoms with Crippen LogP contribution in [0.2, 0.25) is 0 Å². The highest BCUT2D eigenvalue weighted by molar-refractivity contribution is 7.90. The molecule has 0 fully saturated rings.